The number of hydrogen-bond donors (Lipinski definition) is 3. The highest BCUT2D eigenvalue weighted by molar-refractivity contribution is 5.94. The highest BCUT2D eigenvalue weighted by Gasteiger charge is 2.25. The maximum atomic E-state index is 12.9. The molecule has 1 fully saturated rings. The molecule has 1 aromatic carbocycles. The number of guanidine groups is 1. The van der Waals surface area contributed by atoms with Crippen LogP contribution in [0.15, 0.2) is 52.1 Å². The van der Waals surface area contributed by atoms with Crippen molar-refractivity contribution < 1.29 is 13.6 Å². The minimum absolute atomic E-state index is 0.0478. The molecule has 3 rings (SSSR count). The summed E-state index contributed by atoms with van der Waals surface area (Å²) < 4.78 is 18.5. The second kappa shape index (κ2) is 9.89. The van der Waals surface area contributed by atoms with Crippen LogP contribution in [0.4, 0.5) is 10.1 Å². The first-order valence-corrected chi connectivity index (χ1v) is 9.43. The summed E-state index contributed by atoms with van der Waals surface area (Å²) >= 11 is 0. The molecule has 0 aliphatic carbocycles. The smallest absolute Gasteiger partial charge is 0.243 e. The average Bonchev–Trinajstić information content (AvgIpc) is 3.41. The Labute approximate surface area is 164 Å². The van der Waals surface area contributed by atoms with Crippen LogP contribution in [0.25, 0.3) is 0 Å². The molecule has 1 saturated heterocycles. The fraction of sp³-hybridized carbons (Fsp3) is 0.400. The minimum atomic E-state index is -0.343. The molecule has 7 nitrogen and oxygen atoms in total. The average molecular weight is 387 g/mol. The lowest BCUT2D eigenvalue weighted by Crippen LogP contribution is -2.44. The fourth-order valence-electron chi connectivity index (χ4n) is 3.26. The molecule has 3 N–H and O–H groups in total. The molecular weight excluding hydrogens is 361 g/mol. The van der Waals surface area contributed by atoms with Crippen molar-refractivity contribution in [1.29, 1.82) is 0 Å². The number of likely N-dealkylation sites (tertiary alicyclic amines) is 1. The molecule has 2 aromatic rings. The predicted molar refractivity (Wildman–Crippen MR) is 107 cm³/mol. The normalized spacial score (nSPS) is 16.0. The molecule has 1 unspecified atom stereocenters. The molecule has 150 valence electrons. The highest BCUT2D eigenvalue weighted by Crippen LogP contribution is 2.24. The van der Waals surface area contributed by atoms with Crippen LogP contribution >= 0.6 is 0 Å². The Morgan fingerprint density at radius 1 is 1.21 bits per heavy atom. The zero-order valence-corrected chi connectivity index (χ0v) is 16.0. The quantitative estimate of drug-likeness (QED) is 0.502. The highest BCUT2D eigenvalue weighted by atomic mass is 19.1. The number of nitrogens with zero attached hydrogens (tertiary/aromatic N) is 2. The van der Waals surface area contributed by atoms with Crippen molar-refractivity contribution in [3.05, 3.63) is 54.2 Å². The van der Waals surface area contributed by atoms with Gasteiger partial charge in [-0.1, -0.05) is 0 Å². The Balaban J connectivity index is 1.49. The molecule has 0 spiro atoms. The van der Waals surface area contributed by atoms with Gasteiger partial charge in [-0.3, -0.25) is 14.7 Å². The van der Waals surface area contributed by atoms with Crippen LogP contribution in [0.3, 0.4) is 0 Å². The number of benzene rings is 1. The van der Waals surface area contributed by atoms with Gasteiger partial charge in [0.1, 0.15) is 11.6 Å². The van der Waals surface area contributed by atoms with Gasteiger partial charge >= 0.3 is 0 Å². The fourth-order valence-corrected chi connectivity index (χ4v) is 3.26. The first-order valence-electron chi connectivity index (χ1n) is 9.43. The summed E-state index contributed by atoms with van der Waals surface area (Å²) in [5.74, 6) is 0.866. The lowest BCUT2D eigenvalue weighted by atomic mass is 10.2. The number of furan rings is 1. The number of rotatable bonds is 7. The number of carbonyl (C=O) groups is 1. The van der Waals surface area contributed by atoms with Gasteiger partial charge in [0.25, 0.3) is 0 Å². The number of anilines is 1. The van der Waals surface area contributed by atoms with Crippen molar-refractivity contribution in [2.24, 2.45) is 4.99 Å². The lowest BCUT2D eigenvalue weighted by molar-refractivity contribution is -0.115. The van der Waals surface area contributed by atoms with Gasteiger partial charge in [0, 0.05) is 19.3 Å². The van der Waals surface area contributed by atoms with Gasteiger partial charge in [0.2, 0.25) is 5.91 Å². The molecule has 8 heteroatoms. The zero-order valence-electron chi connectivity index (χ0n) is 16.0. The molecule has 2 heterocycles. The molecular formula is C20H26FN5O2. The molecule has 28 heavy (non-hydrogen) atoms. The van der Waals surface area contributed by atoms with Crippen molar-refractivity contribution in [3.63, 3.8) is 0 Å². The SMILES string of the molecule is CN=C(NCC(=O)Nc1ccc(F)cc1)NCC(c1ccco1)N1CCCC1. The lowest BCUT2D eigenvalue weighted by Gasteiger charge is -2.26. The Bertz CT molecular complexity index is 770. The van der Waals surface area contributed by atoms with Crippen LogP contribution in [0, 0.1) is 5.82 Å². The summed E-state index contributed by atoms with van der Waals surface area (Å²) in [6, 6.07) is 9.63. The number of amides is 1. The number of halogens is 1. The summed E-state index contributed by atoms with van der Waals surface area (Å²) in [7, 11) is 1.66. The van der Waals surface area contributed by atoms with Crippen molar-refractivity contribution in [3.8, 4) is 0 Å². The third kappa shape index (κ3) is 5.56. The zero-order chi connectivity index (χ0) is 19.8. The van der Waals surface area contributed by atoms with Crippen LogP contribution in [0.5, 0.6) is 0 Å². The van der Waals surface area contributed by atoms with Crippen LogP contribution < -0.4 is 16.0 Å². The van der Waals surface area contributed by atoms with E-state index in [4.69, 9.17) is 4.42 Å². The molecule has 1 atom stereocenters. The summed E-state index contributed by atoms with van der Waals surface area (Å²) in [6.07, 6.45) is 4.06. The van der Waals surface area contributed by atoms with Crippen LogP contribution in [-0.4, -0.2) is 50.0 Å². The van der Waals surface area contributed by atoms with E-state index in [2.05, 4.69) is 25.8 Å². The van der Waals surface area contributed by atoms with E-state index in [9.17, 15) is 9.18 Å². The Hall–Kier alpha value is -2.87. The predicted octanol–water partition coefficient (Wildman–Crippen LogP) is 2.36. The second-order valence-corrected chi connectivity index (χ2v) is 6.64. The summed E-state index contributed by atoms with van der Waals surface area (Å²) in [5.41, 5.74) is 0.545. The van der Waals surface area contributed by atoms with Gasteiger partial charge in [-0.2, -0.15) is 0 Å². The van der Waals surface area contributed by atoms with Crippen molar-refractivity contribution in [2.45, 2.75) is 18.9 Å². The molecule has 0 saturated carbocycles. The number of carbonyl (C=O) groups excluding carboxylic acids is 1. The molecule has 1 aromatic heterocycles. The van der Waals surface area contributed by atoms with Crippen LogP contribution in [0.1, 0.15) is 24.6 Å². The van der Waals surface area contributed by atoms with Crippen molar-refractivity contribution >= 4 is 17.6 Å². The molecule has 0 bridgehead atoms. The second-order valence-electron chi connectivity index (χ2n) is 6.64. The van der Waals surface area contributed by atoms with E-state index < -0.39 is 0 Å². The van der Waals surface area contributed by atoms with Gasteiger partial charge in [-0.05, 0) is 62.3 Å². The van der Waals surface area contributed by atoms with Gasteiger partial charge < -0.3 is 20.4 Å². The van der Waals surface area contributed by atoms with E-state index in [0.717, 1.165) is 18.8 Å². The van der Waals surface area contributed by atoms with E-state index in [-0.39, 0.29) is 24.3 Å². The van der Waals surface area contributed by atoms with E-state index in [1.165, 1.54) is 37.1 Å². The van der Waals surface area contributed by atoms with Crippen LogP contribution in [0.2, 0.25) is 0 Å². The van der Waals surface area contributed by atoms with E-state index in [1.54, 1.807) is 13.3 Å². The van der Waals surface area contributed by atoms with Gasteiger partial charge in [-0.25, -0.2) is 4.39 Å². The Kier molecular flexibility index (Phi) is 7.02. The Morgan fingerprint density at radius 3 is 2.61 bits per heavy atom. The molecule has 0 radical (unpaired) electrons. The third-order valence-corrected chi connectivity index (χ3v) is 4.68. The van der Waals surface area contributed by atoms with Crippen molar-refractivity contribution in [1.82, 2.24) is 15.5 Å². The maximum Gasteiger partial charge on any atom is 0.243 e. The van der Waals surface area contributed by atoms with E-state index in [0.29, 0.717) is 18.2 Å². The van der Waals surface area contributed by atoms with E-state index in [1.807, 2.05) is 12.1 Å². The minimum Gasteiger partial charge on any atom is -0.468 e. The van der Waals surface area contributed by atoms with Gasteiger partial charge in [-0.15, -0.1) is 0 Å². The van der Waals surface area contributed by atoms with Crippen LogP contribution in [-0.2, 0) is 4.79 Å². The first kappa shape index (κ1) is 19.9. The van der Waals surface area contributed by atoms with Gasteiger partial charge in [0.15, 0.2) is 5.96 Å². The summed E-state index contributed by atoms with van der Waals surface area (Å²) in [4.78, 5) is 18.6. The third-order valence-electron chi connectivity index (χ3n) is 4.68. The standard InChI is InChI=1S/C20H26FN5O2/c1-22-20(24-14-19(27)25-16-8-6-15(21)7-9-16)23-13-17(18-5-4-12-28-18)26-10-2-3-11-26/h4-9,12,17H,2-3,10-11,13-14H2,1H3,(H,25,27)(H2,22,23,24). The molecule has 1 aliphatic heterocycles. The Morgan fingerprint density at radius 2 is 1.96 bits per heavy atom. The monoisotopic (exact) mass is 387 g/mol. The summed E-state index contributed by atoms with van der Waals surface area (Å²) in [6.45, 7) is 2.75. The largest absolute Gasteiger partial charge is 0.468 e. The number of hydrogen-bond acceptors (Lipinski definition) is 4. The topological polar surface area (TPSA) is 81.9 Å². The van der Waals surface area contributed by atoms with E-state index >= 15 is 0 Å². The number of aliphatic imine (C=N–C) groups is 1. The first-order chi connectivity index (χ1) is 13.7. The maximum absolute atomic E-state index is 12.9. The molecule has 1 aliphatic rings. The van der Waals surface area contributed by atoms with Crippen molar-refractivity contribution in [2.75, 3.05) is 38.5 Å². The summed E-state index contributed by atoms with van der Waals surface area (Å²) in [5, 5.41) is 8.97. The molecule has 1 amide bonds. The number of nitrogens with one attached hydrogen (secondary N) is 3. The van der Waals surface area contributed by atoms with Gasteiger partial charge in [0.05, 0.1) is 18.8 Å².